The Kier molecular flexibility index (Phi) is 5.58. The second kappa shape index (κ2) is 7.13. The molecule has 1 aromatic carbocycles. The first kappa shape index (κ1) is 18.8. The van der Waals surface area contributed by atoms with Crippen molar-refractivity contribution in [3.05, 3.63) is 41.1 Å². The molecule has 24 heavy (non-hydrogen) atoms. The summed E-state index contributed by atoms with van der Waals surface area (Å²) in [6.45, 7) is 5.40. The summed E-state index contributed by atoms with van der Waals surface area (Å²) in [4.78, 5) is 14.4. The molecule has 7 heteroatoms. The number of nitrogens with two attached hydrogens (primary N) is 1. The van der Waals surface area contributed by atoms with Crippen molar-refractivity contribution in [3.63, 3.8) is 0 Å². The largest absolute Gasteiger partial charge is 0.350 e. The lowest BCUT2D eigenvalue weighted by Gasteiger charge is -2.42. The van der Waals surface area contributed by atoms with E-state index in [9.17, 15) is 4.79 Å². The Labute approximate surface area is 152 Å². The van der Waals surface area contributed by atoms with Crippen LogP contribution in [0.25, 0.3) is 11.3 Å². The van der Waals surface area contributed by atoms with Crippen LogP contribution in [0.15, 0.2) is 34.9 Å². The van der Waals surface area contributed by atoms with Crippen LogP contribution in [0.1, 0.15) is 30.8 Å². The fourth-order valence-corrected chi connectivity index (χ4v) is 3.05. The Hall–Kier alpha value is -1.56. The van der Waals surface area contributed by atoms with Crippen LogP contribution < -0.4 is 5.73 Å². The molecule has 0 spiro atoms. The Bertz CT molecular complexity index is 730. The summed E-state index contributed by atoms with van der Waals surface area (Å²) in [7, 11) is 0. The lowest BCUT2D eigenvalue weighted by atomic mass is 9.79. The molecule has 2 heterocycles. The maximum absolute atomic E-state index is 12.6. The summed E-state index contributed by atoms with van der Waals surface area (Å²) in [6.07, 6.45) is 0.786. The molecule has 1 unspecified atom stereocenters. The zero-order valence-corrected chi connectivity index (χ0v) is 15.2. The summed E-state index contributed by atoms with van der Waals surface area (Å²) < 4.78 is 5.25. The third kappa shape index (κ3) is 3.74. The molecule has 2 N–H and O–H groups in total. The highest BCUT2D eigenvalue weighted by molar-refractivity contribution is 6.30. The number of carbonyl (C=O) groups is 1. The van der Waals surface area contributed by atoms with Crippen LogP contribution >= 0.6 is 24.0 Å². The molecule has 1 amide bonds. The summed E-state index contributed by atoms with van der Waals surface area (Å²) in [5, 5.41) is 4.60. The van der Waals surface area contributed by atoms with Crippen LogP contribution in [0.3, 0.4) is 0 Å². The van der Waals surface area contributed by atoms with Crippen LogP contribution in [0.5, 0.6) is 0 Å². The van der Waals surface area contributed by atoms with E-state index in [1.165, 1.54) is 0 Å². The van der Waals surface area contributed by atoms with Crippen molar-refractivity contribution >= 4 is 29.9 Å². The molecule has 1 atom stereocenters. The van der Waals surface area contributed by atoms with E-state index >= 15 is 0 Å². The fourth-order valence-electron chi connectivity index (χ4n) is 2.86. The Balaban J connectivity index is 0.00000208. The minimum atomic E-state index is -0.147. The molecule has 0 saturated carbocycles. The molecule has 1 aromatic heterocycles. The number of carbonyl (C=O) groups excluding carboxylic acids is 1. The number of aromatic nitrogens is 1. The molecule has 2 aromatic rings. The summed E-state index contributed by atoms with van der Waals surface area (Å²) in [5.74, 6) is 0.0944. The van der Waals surface area contributed by atoms with Crippen molar-refractivity contribution in [3.8, 4) is 11.3 Å². The molecular weight excluding hydrogens is 349 g/mol. The van der Waals surface area contributed by atoms with E-state index in [0.29, 0.717) is 23.8 Å². The maximum Gasteiger partial charge on any atom is 0.292 e. The molecule has 0 bridgehead atoms. The predicted molar refractivity (Wildman–Crippen MR) is 96.5 cm³/mol. The second-order valence-electron chi connectivity index (χ2n) is 6.70. The monoisotopic (exact) mass is 369 g/mol. The lowest BCUT2D eigenvalue weighted by molar-refractivity contribution is 0.0495. The second-order valence-corrected chi connectivity index (χ2v) is 7.13. The molecule has 0 aliphatic carbocycles. The molecule has 3 rings (SSSR count). The molecular formula is C17H21Cl2N3O2. The number of amides is 1. The fraction of sp³-hybridized carbons (Fsp3) is 0.412. The van der Waals surface area contributed by atoms with Crippen LogP contribution in [0, 0.1) is 5.41 Å². The molecule has 1 aliphatic rings. The summed E-state index contributed by atoms with van der Waals surface area (Å²) >= 11 is 5.99. The average molecular weight is 370 g/mol. The highest BCUT2D eigenvalue weighted by Crippen LogP contribution is 2.29. The van der Waals surface area contributed by atoms with Crippen molar-refractivity contribution < 1.29 is 9.32 Å². The third-order valence-electron chi connectivity index (χ3n) is 4.44. The zero-order chi connectivity index (χ0) is 16.6. The first-order chi connectivity index (χ1) is 10.9. The van der Waals surface area contributed by atoms with Gasteiger partial charge in [-0.2, -0.15) is 0 Å². The first-order valence-electron chi connectivity index (χ1n) is 7.64. The van der Waals surface area contributed by atoms with Crippen LogP contribution in [-0.4, -0.2) is 35.1 Å². The summed E-state index contributed by atoms with van der Waals surface area (Å²) in [5.41, 5.74) is 7.44. The Morgan fingerprint density at radius 2 is 2.17 bits per heavy atom. The third-order valence-corrected chi connectivity index (χ3v) is 4.68. The smallest absolute Gasteiger partial charge is 0.292 e. The van der Waals surface area contributed by atoms with Gasteiger partial charge >= 0.3 is 0 Å². The van der Waals surface area contributed by atoms with Gasteiger partial charge in [0, 0.05) is 35.8 Å². The van der Waals surface area contributed by atoms with Gasteiger partial charge in [0.2, 0.25) is 5.76 Å². The predicted octanol–water partition coefficient (Wildman–Crippen LogP) is 3.62. The summed E-state index contributed by atoms with van der Waals surface area (Å²) in [6, 6.07) is 9.05. The number of hydrogen-bond donors (Lipinski definition) is 1. The molecule has 1 fully saturated rings. The van der Waals surface area contributed by atoms with Crippen LogP contribution in [-0.2, 0) is 0 Å². The van der Waals surface area contributed by atoms with Crippen molar-refractivity contribution in [2.45, 2.75) is 26.3 Å². The van der Waals surface area contributed by atoms with Gasteiger partial charge in [-0.25, -0.2) is 0 Å². The van der Waals surface area contributed by atoms with Gasteiger partial charge in [-0.15, -0.1) is 12.4 Å². The highest BCUT2D eigenvalue weighted by Gasteiger charge is 2.36. The number of rotatable bonds is 2. The minimum Gasteiger partial charge on any atom is -0.350 e. The van der Waals surface area contributed by atoms with Gasteiger partial charge in [0.15, 0.2) is 0 Å². The van der Waals surface area contributed by atoms with Gasteiger partial charge in [-0.3, -0.25) is 4.79 Å². The number of likely N-dealkylation sites (tertiary alicyclic amines) is 1. The topological polar surface area (TPSA) is 72.4 Å². The molecule has 0 radical (unpaired) electrons. The van der Waals surface area contributed by atoms with Gasteiger partial charge in [0.1, 0.15) is 5.69 Å². The maximum atomic E-state index is 12.6. The van der Waals surface area contributed by atoms with E-state index in [-0.39, 0.29) is 35.5 Å². The number of piperidine rings is 1. The van der Waals surface area contributed by atoms with Gasteiger partial charge in [0.05, 0.1) is 0 Å². The number of halogens is 2. The molecule has 130 valence electrons. The first-order valence-corrected chi connectivity index (χ1v) is 8.02. The van der Waals surface area contributed by atoms with Crippen LogP contribution in [0.4, 0.5) is 0 Å². The minimum absolute atomic E-state index is 0. The van der Waals surface area contributed by atoms with Gasteiger partial charge in [0.25, 0.3) is 5.91 Å². The molecule has 5 nitrogen and oxygen atoms in total. The number of nitrogens with zero attached hydrogens (tertiary/aromatic N) is 2. The van der Waals surface area contributed by atoms with Gasteiger partial charge < -0.3 is 15.2 Å². The van der Waals surface area contributed by atoms with Crippen molar-refractivity contribution in [1.82, 2.24) is 10.1 Å². The van der Waals surface area contributed by atoms with Crippen molar-refractivity contribution in [2.24, 2.45) is 11.1 Å². The van der Waals surface area contributed by atoms with E-state index in [1.807, 2.05) is 12.1 Å². The average Bonchev–Trinajstić information content (AvgIpc) is 2.99. The van der Waals surface area contributed by atoms with Crippen molar-refractivity contribution in [2.75, 3.05) is 13.1 Å². The van der Waals surface area contributed by atoms with E-state index < -0.39 is 0 Å². The Morgan fingerprint density at radius 3 is 2.83 bits per heavy atom. The normalized spacial score (nSPS) is 19.7. The standard InChI is InChI=1S/C17H20ClN3O2.ClH/c1-17(2)10-21(7-6-15(17)19)16(22)14-9-13(20-23-14)11-4-3-5-12(18)8-11;/h3-5,8-9,15H,6-7,10,19H2,1-2H3;1H. The SMILES string of the molecule is CC1(C)CN(C(=O)c2cc(-c3cccc(Cl)c3)no2)CCC1N.Cl. The van der Waals surface area contributed by atoms with E-state index in [1.54, 1.807) is 23.1 Å². The molecule has 1 aliphatic heterocycles. The quantitative estimate of drug-likeness (QED) is 0.877. The van der Waals surface area contributed by atoms with E-state index in [0.717, 1.165) is 12.0 Å². The molecule has 1 saturated heterocycles. The van der Waals surface area contributed by atoms with E-state index in [4.69, 9.17) is 21.9 Å². The van der Waals surface area contributed by atoms with Crippen molar-refractivity contribution in [1.29, 1.82) is 0 Å². The highest BCUT2D eigenvalue weighted by atomic mass is 35.5. The van der Waals surface area contributed by atoms with Gasteiger partial charge in [-0.1, -0.05) is 42.7 Å². The van der Waals surface area contributed by atoms with E-state index in [2.05, 4.69) is 19.0 Å². The number of benzene rings is 1. The zero-order valence-electron chi connectivity index (χ0n) is 13.7. The number of hydrogen-bond acceptors (Lipinski definition) is 4. The lowest BCUT2D eigenvalue weighted by Crippen LogP contribution is -2.53. The van der Waals surface area contributed by atoms with Crippen LogP contribution in [0.2, 0.25) is 5.02 Å². The van der Waals surface area contributed by atoms with Gasteiger partial charge in [-0.05, 0) is 24.0 Å². The Morgan fingerprint density at radius 1 is 1.42 bits per heavy atom.